The molecule has 1 aromatic heterocycles. The summed E-state index contributed by atoms with van der Waals surface area (Å²) in [5.74, 6) is 0.568. The van der Waals surface area contributed by atoms with Crippen LogP contribution < -0.4 is 4.90 Å². The van der Waals surface area contributed by atoms with Crippen LogP contribution in [-0.2, 0) is 5.54 Å². The largest absolute Gasteiger partial charge is 0.307 e. The third kappa shape index (κ3) is 3.94. The van der Waals surface area contributed by atoms with Crippen molar-refractivity contribution in [2.75, 3.05) is 11.4 Å². The van der Waals surface area contributed by atoms with Crippen LogP contribution >= 0.6 is 0 Å². The van der Waals surface area contributed by atoms with Crippen LogP contribution in [0, 0.1) is 0 Å². The predicted molar refractivity (Wildman–Crippen MR) is 102 cm³/mol. The summed E-state index contributed by atoms with van der Waals surface area (Å²) in [4.78, 5) is 15.1. The van der Waals surface area contributed by atoms with Crippen LogP contribution in [0.15, 0.2) is 36.4 Å². The quantitative estimate of drug-likeness (QED) is 0.746. The number of hydrogen-bond donors (Lipinski definition) is 0. The van der Waals surface area contributed by atoms with E-state index >= 15 is 0 Å². The van der Waals surface area contributed by atoms with Crippen molar-refractivity contribution in [2.24, 2.45) is 0 Å². The van der Waals surface area contributed by atoms with E-state index in [4.69, 9.17) is 5.10 Å². The van der Waals surface area contributed by atoms with E-state index < -0.39 is 0 Å². The molecule has 1 fully saturated rings. The minimum Gasteiger partial charge on any atom is -0.307 e. The molecule has 0 N–H and O–H groups in total. The van der Waals surface area contributed by atoms with E-state index in [1.165, 1.54) is 18.5 Å². The third-order valence-corrected chi connectivity index (χ3v) is 4.64. The maximum absolute atomic E-state index is 13.2. The topological polar surface area (TPSA) is 38.1 Å². The van der Waals surface area contributed by atoms with Gasteiger partial charge >= 0.3 is 0 Å². The van der Waals surface area contributed by atoms with Crippen LogP contribution in [0.5, 0.6) is 0 Å². The van der Waals surface area contributed by atoms with E-state index in [1.807, 2.05) is 41.3 Å². The van der Waals surface area contributed by atoms with Crippen LogP contribution in [0.4, 0.5) is 5.69 Å². The van der Waals surface area contributed by atoms with Crippen molar-refractivity contribution in [3.63, 3.8) is 0 Å². The van der Waals surface area contributed by atoms with Crippen molar-refractivity contribution in [3.8, 4) is 0 Å². The Morgan fingerprint density at radius 1 is 1.24 bits per heavy atom. The molecule has 0 saturated heterocycles. The zero-order valence-electron chi connectivity index (χ0n) is 15.8. The highest BCUT2D eigenvalue weighted by molar-refractivity contribution is 6.04. The molecule has 4 nitrogen and oxygen atoms in total. The first kappa shape index (κ1) is 17.7. The molecule has 3 rings (SSSR count). The van der Waals surface area contributed by atoms with Crippen LogP contribution in [0.1, 0.15) is 75.5 Å². The highest BCUT2D eigenvalue weighted by Gasteiger charge is 2.33. The lowest BCUT2D eigenvalue weighted by Gasteiger charge is -2.23. The Morgan fingerprint density at radius 3 is 2.48 bits per heavy atom. The number of amides is 1. The van der Waals surface area contributed by atoms with Gasteiger partial charge in [0.1, 0.15) is 0 Å². The predicted octanol–water partition coefficient (Wildman–Crippen LogP) is 4.96. The summed E-state index contributed by atoms with van der Waals surface area (Å²) in [6.45, 7) is 9.30. The van der Waals surface area contributed by atoms with Gasteiger partial charge in [-0.05, 0) is 58.2 Å². The number of carbonyl (C=O) groups excluding carboxylic acids is 1. The monoisotopic (exact) mass is 339 g/mol. The van der Waals surface area contributed by atoms with Gasteiger partial charge in [-0.3, -0.25) is 9.48 Å². The smallest absolute Gasteiger partial charge is 0.278 e. The van der Waals surface area contributed by atoms with Crippen molar-refractivity contribution < 1.29 is 4.79 Å². The lowest BCUT2D eigenvalue weighted by Crippen LogP contribution is -2.33. The summed E-state index contributed by atoms with van der Waals surface area (Å²) >= 11 is 0. The summed E-state index contributed by atoms with van der Waals surface area (Å²) in [5.41, 5.74) is 2.60. The number of benzene rings is 1. The highest BCUT2D eigenvalue weighted by atomic mass is 16.2. The van der Waals surface area contributed by atoms with Gasteiger partial charge in [0.25, 0.3) is 5.91 Å². The van der Waals surface area contributed by atoms with E-state index in [1.54, 1.807) is 0 Å². The Kier molecular flexibility index (Phi) is 4.98. The van der Waals surface area contributed by atoms with E-state index in [2.05, 4.69) is 32.4 Å². The average Bonchev–Trinajstić information content (AvgIpc) is 3.33. The molecule has 1 aliphatic rings. The molecule has 0 radical (unpaired) electrons. The molecule has 1 amide bonds. The molecule has 0 atom stereocenters. The molecule has 0 bridgehead atoms. The zero-order chi connectivity index (χ0) is 18.0. The Morgan fingerprint density at radius 2 is 1.92 bits per heavy atom. The Hall–Kier alpha value is -2.10. The summed E-state index contributed by atoms with van der Waals surface area (Å²) in [6, 6.07) is 11.9. The number of nitrogens with zero attached hydrogens (tertiary/aromatic N) is 3. The maximum Gasteiger partial charge on any atom is 0.278 e. The van der Waals surface area contributed by atoms with E-state index in [9.17, 15) is 4.79 Å². The second-order valence-corrected chi connectivity index (χ2v) is 7.96. The van der Waals surface area contributed by atoms with E-state index in [0.717, 1.165) is 25.1 Å². The molecule has 25 heavy (non-hydrogen) atoms. The van der Waals surface area contributed by atoms with Gasteiger partial charge in [0, 0.05) is 23.8 Å². The number of para-hydroxylation sites is 1. The van der Waals surface area contributed by atoms with E-state index in [-0.39, 0.29) is 11.4 Å². The first-order valence-electron chi connectivity index (χ1n) is 9.39. The van der Waals surface area contributed by atoms with Crippen molar-refractivity contribution in [1.82, 2.24) is 9.78 Å². The third-order valence-electron chi connectivity index (χ3n) is 4.64. The van der Waals surface area contributed by atoms with Crippen molar-refractivity contribution in [2.45, 2.75) is 64.8 Å². The van der Waals surface area contributed by atoms with Gasteiger partial charge in [-0.1, -0.05) is 31.5 Å². The molecule has 1 saturated carbocycles. The Labute approximate surface area is 150 Å². The van der Waals surface area contributed by atoms with Crippen LogP contribution in [-0.4, -0.2) is 22.2 Å². The summed E-state index contributed by atoms with van der Waals surface area (Å²) in [7, 11) is 0. The van der Waals surface area contributed by atoms with Gasteiger partial charge in [0.2, 0.25) is 0 Å². The fourth-order valence-electron chi connectivity index (χ4n) is 3.12. The van der Waals surface area contributed by atoms with Crippen LogP contribution in [0.2, 0.25) is 0 Å². The molecule has 1 aromatic carbocycles. The lowest BCUT2D eigenvalue weighted by molar-refractivity contribution is 0.0980. The van der Waals surface area contributed by atoms with Gasteiger partial charge in [-0.15, -0.1) is 0 Å². The molecule has 2 aromatic rings. The average molecular weight is 339 g/mol. The number of unbranched alkanes of at least 4 members (excludes halogenated alkanes) is 1. The fraction of sp³-hybridized carbons (Fsp3) is 0.524. The number of anilines is 1. The summed E-state index contributed by atoms with van der Waals surface area (Å²) < 4.78 is 2.06. The molecule has 1 heterocycles. The molecule has 0 unspecified atom stereocenters. The van der Waals surface area contributed by atoms with Gasteiger partial charge in [0.05, 0.1) is 5.54 Å². The second-order valence-electron chi connectivity index (χ2n) is 7.96. The SMILES string of the molecule is CCCCN(C(=O)c1cc(C2CC2)n(C(C)(C)C)n1)c1ccccc1. The molecule has 134 valence electrons. The van der Waals surface area contributed by atoms with Gasteiger partial charge in [0.15, 0.2) is 5.69 Å². The molecular weight excluding hydrogens is 310 g/mol. The van der Waals surface area contributed by atoms with Gasteiger partial charge in [-0.2, -0.15) is 5.10 Å². The number of hydrogen-bond acceptors (Lipinski definition) is 2. The lowest BCUT2D eigenvalue weighted by atomic mass is 10.1. The maximum atomic E-state index is 13.2. The summed E-state index contributed by atoms with van der Waals surface area (Å²) in [6.07, 6.45) is 4.44. The van der Waals surface area contributed by atoms with Crippen LogP contribution in [0.25, 0.3) is 0 Å². The van der Waals surface area contributed by atoms with Crippen molar-refractivity contribution in [3.05, 3.63) is 47.8 Å². The van der Waals surface area contributed by atoms with Crippen LogP contribution in [0.3, 0.4) is 0 Å². The standard InChI is InChI=1S/C21H29N3O/c1-5-6-14-23(17-10-8-7-9-11-17)20(25)18-15-19(16-12-13-16)24(22-18)21(2,3)4/h7-11,15-16H,5-6,12-14H2,1-4H3. The molecule has 1 aliphatic carbocycles. The minimum atomic E-state index is -0.114. The van der Waals surface area contributed by atoms with Gasteiger partial charge in [-0.25, -0.2) is 0 Å². The van der Waals surface area contributed by atoms with Gasteiger partial charge < -0.3 is 4.90 Å². The molecular formula is C21H29N3O. The molecule has 4 heteroatoms. The second kappa shape index (κ2) is 7.03. The number of rotatable bonds is 6. The molecule has 0 aliphatic heterocycles. The first-order chi connectivity index (χ1) is 11.9. The summed E-state index contributed by atoms with van der Waals surface area (Å²) in [5, 5.41) is 4.72. The first-order valence-corrected chi connectivity index (χ1v) is 9.39. The van der Waals surface area contributed by atoms with E-state index in [0.29, 0.717) is 11.6 Å². The Balaban J connectivity index is 1.94. The van der Waals surface area contributed by atoms with Crippen molar-refractivity contribution in [1.29, 1.82) is 0 Å². The minimum absolute atomic E-state index is 0.00421. The normalized spacial score (nSPS) is 14.6. The highest BCUT2D eigenvalue weighted by Crippen LogP contribution is 2.41. The zero-order valence-corrected chi connectivity index (χ0v) is 15.8. The number of aromatic nitrogens is 2. The number of carbonyl (C=O) groups is 1. The fourth-order valence-corrected chi connectivity index (χ4v) is 3.12. The Bertz CT molecular complexity index is 723. The molecule has 0 spiro atoms. The van der Waals surface area contributed by atoms with Crippen molar-refractivity contribution >= 4 is 11.6 Å².